The molecule has 0 spiro atoms. The Morgan fingerprint density at radius 3 is 2.57 bits per heavy atom. The number of hydrogen-bond donors (Lipinski definition) is 1. The zero-order chi connectivity index (χ0) is 15.1. The summed E-state index contributed by atoms with van der Waals surface area (Å²) in [5, 5.41) is 3.35. The number of rotatable bonds is 6. The van der Waals surface area contributed by atoms with E-state index in [1.54, 1.807) is 0 Å². The van der Waals surface area contributed by atoms with E-state index in [2.05, 4.69) is 29.3 Å². The molecule has 1 unspecified atom stereocenters. The number of likely N-dealkylation sites (N-methyl/N-ethyl adjacent to an activating group) is 1. The molecule has 0 radical (unpaired) electrons. The second-order valence-electron chi connectivity index (χ2n) is 5.72. The third kappa shape index (κ3) is 4.55. The van der Waals surface area contributed by atoms with Crippen molar-refractivity contribution in [1.82, 2.24) is 15.1 Å². The molecule has 0 aromatic heterocycles. The minimum absolute atomic E-state index is 0.0146. The lowest BCUT2D eigenvalue weighted by atomic mass is 9.95. The van der Waals surface area contributed by atoms with Crippen LogP contribution in [0.3, 0.4) is 0 Å². The second-order valence-corrected chi connectivity index (χ2v) is 5.72. The summed E-state index contributed by atoms with van der Waals surface area (Å²) in [5.74, 6) is 0.220. The molecule has 4 nitrogen and oxygen atoms in total. The maximum Gasteiger partial charge on any atom is 0.229 e. The summed E-state index contributed by atoms with van der Waals surface area (Å²) < 4.78 is 0. The molecule has 1 aliphatic heterocycles. The minimum atomic E-state index is -0.0146. The van der Waals surface area contributed by atoms with Gasteiger partial charge in [0.2, 0.25) is 5.91 Å². The highest BCUT2D eigenvalue weighted by atomic mass is 16.2. The Morgan fingerprint density at radius 1 is 1.29 bits per heavy atom. The number of piperazine rings is 1. The first-order valence-corrected chi connectivity index (χ1v) is 7.95. The predicted octanol–water partition coefficient (Wildman–Crippen LogP) is 1.54. The number of carbonyl (C=O) groups excluding carboxylic acids is 1. The Bertz CT molecular complexity index is 429. The summed E-state index contributed by atoms with van der Waals surface area (Å²) in [6.07, 6.45) is 0.848. The number of hydrogen-bond acceptors (Lipinski definition) is 3. The van der Waals surface area contributed by atoms with E-state index in [-0.39, 0.29) is 11.8 Å². The first kappa shape index (κ1) is 16.0. The average molecular weight is 289 g/mol. The molecule has 116 valence electrons. The third-order valence-corrected chi connectivity index (χ3v) is 4.25. The molecule has 4 heteroatoms. The number of nitrogens with one attached hydrogen (secondary N) is 1. The van der Waals surface area contributed by atoms with Gasteiger partial charge >= 0.3 is 0 Å². The van der Waals surface area contributed by atoms with Crippen molar-refractivity contribution in [2.45, 2.75) is 19.3 Å². The van der Waals surface area contributed by atoms with E-state index >= 15 is 0 Å². The highest BCUT2D eigenvalue weighted by Crippen LogP contribution is 2.21. The van der Waals surface area contributed by atoms with Crippen molar-refractivity contribution in [1.29, 1.82) is 0 Å². The molecule has 0 aliphatic carbocycles. The quantitative estimate of drug-likeness (QED) is 0.863. The van der Waals surface area contributed by atoms with E-state index in [0.717, 1.165) is 51.3 Å². The average Bonchev–Trinajstić information content (AvgIpc) is 2.55. The molecule has 1 atom stereocenters. The van der Waals surface area contributed by atoms with Gasteiger partial charge in [0.15, 0.2) is 0 Å². The summed E-state index contributed by atoms with van der Waals surface area (Å²) in [4.78, 5) is 17.0. The van der Waals surface area contributed by atoms with Crippen LogP contribution in [0.4, 0.5) is 0 Å². The summed E-state index contributed by atoms with van der Waals surface area (Å²) in [6.45, 7) is 8.13. The fourth-order valence-electron chi connectivity index (χ4n) is 2.84. The Hall–Kier alpha value is -1.39. The molecule has 1 N–H and O–H groups in total. The first-order valence-electron chi connectivity index (χ1n) is 7.95. The van der Waals surface area contributed by atoms with Crippen LogP contribution in [-0.2, 0) is 4.79 Å². The van der Waals surface area contributed by atoms with Gasteiger partial charge in [-0.2, -0.15) is 0 Å². The summed E-state index contributed by atoms with van der Waals surface area (Å²) in [5.41, 5.74) is 1.12. The Morgan fingerprint density at radius 2 is 1.95 bits per heavy atom. The van der Waals surface area contributed by atoms with Gasteiger partial charge in [0.25, 0.3) is 0 Å². The fourth-order valence-corrected chi connectivity index (χ4v) is 2.84. The van der Waals surface area contributed by atoms with E-state index in [9.17, 15) is 4.79 Å². The molecule has 1 saturated heterocycles. The molecule has 1 heterocycles. The zero-order valence-electron chi connectivity index (χ0n) is 13.2. The van der Waals surface area contributed by atoms with Crippen LogP contribution in [0.5, 0.6) is 0 Å². The van der Waals surface area contributed by atoms with E-state index in [0.29, 0.717) is 0 Å². The standard InChI is InChI=1S/C17H27N3O/c1-3-16(15-7-5-4-6-8-15)17(21)19(2)13-14-20-11-9-18-10-12-20/h4-8,16,18H,3,9-14H2,1-2H3. The van der Waals surface area contributed by atoms with Gasteiger partial charge in [0.1, 0.15) is 0 Å². The number of carbonyl (C=O) groups is 1. The second kappa shape index (κ2) is 8.15. The van der Waals surface area contributed by atoms with E-state index in [4.69, 9.17) is 0 Å². The van der Waals surface area contributed by atoms with Crippen molar-refractivity contribution in [2.75, 3.05) is 46.3 Å². The molecule has 0 bridgehead atoms. The summed E-state index contributed by atoms with van der Waals surface area (Å²) in [7, 11) is 1.93. The van der Waals surface area contributed by atoms with Gasteiger partial charge in [-0.3, -0.25) is 9.69 Å². The van der Waals surface area contributed by atoms with Crippen LogP contribution in [0.25, 0.3) is 0 Å². The summed E-state index contributed by atoms with van der Waals surface area (Å²) >= 11 is 0. The SMILES string of the molecule is CCC(C(=O)N(C)CCN1CCNCC1)c1ccccc1. The molecule has 1 aromatic rings. The van der Waals surface area contributed by atoms with Gasteiger partial charge in [-0.1, -0.05) is 37.3 Å². The van der Waals surface area contributed by atoms with Crippen LogP contribution >= 0.6 is 0 Å². The van der Waals surface area contributed by atoms with Crippen molar-refractivity contribution in [2.24, 2.45) is 0 Å². The topological polar surface area (TPSA) is 35.6 Å². The van der Waals surface area contributed by atoms with Crippen molar-refractivity contribution >= 4 is 5.91 Å². The van der Waals surface area contributed by atoms with Gasteiger partial charge in [-0.05, 0) is 12.0 Å². The van der Waals surface area contributed by atoms with Crippen LogP contribution in [0.1, 0.15) is 24.8 Å². The van der Waals surface area contributed by atoms with Gasteiger partial charge in [-0.15, -0.1) is 0 Å². The van der Waals surface area contributed by atoms with Crippen LogP contribution in [0, 0.1) is 0 Å². The van der Waals surface area contributed by atoms with E-state index < -0.39 is 0 Å². The van der Waals surface area contributed by atoms with E-state index in [1.807, 2.05) is 30.1 Å². The minimum Gasteiger partial charge on any atom is -0.344 e. The molecular formula is C17H27N3O. The van der Waals surface area contributed by atoms with Crippen LogP contribution < -0.4 is 5.32 Å². The lowest BCUT2D eigenvalue weighted by molar-refractivity contribution is -0.131. The molecule has 1 amide bonds. The molecule has 1 aromatic carbocycles. The number of nitrogens with zero attached hydrogens (tertiary/aromatic N) is 2. The predicted molar refractivity (Wildman–Crippen MR) is 86.4 cm³/mol. The number of benzene rings is 1. The first-order chi connectivity index (χ1) is 10.2. The van der Waals surface area contributed by atoms with Crippen molar-refractivity contribution < 1.29 is 4.79 Å². The Balaban J connectivity index is 1.88. The molecule has 21 heavy (non-hydrogen) atoms. The largest absolute Gasteiger partial charge is 0.344 e. The van der Waals surface area contributed by atoms with Gasteiger partial charge in [0, 0.05) is 46.3 Å². The zero-order valence-corrected chi connectivity index (χ0v) is 13.2. The van der Waals surface area contributed by atoms with E-state index in [1.165, 1.54) is 0 Å². The smallest absolute Gasteiger partial charge is 0.229 e. The molecule has 1 fully saturated rings. The van der Waals surface area contributed by atoms with Crippen LogP contribution in [0.2, 0.25) is 0 Å². The Kier molecular flexibility index (Phi) is 6.21. The Labute approximate surface area is 128 Å². The lowest BCUT2D eigenvalue weighted by Crippen LogP contribution is -2.46. The molecule has 0 saturated carbocycles. The molecule has 2 rings (SSSR count). The maximum atomic E-state index is 12.6. The highest BCUT2D eigenvalue weighted by Gasteiger charge is 2.22. The fraction of sp³-hybridized carbons (Fsp3) is 0.588. The van der Waals surface area contributed by atoms with Gasteiger partial charge < -0.3 is 10.2 Å². The van der Waals surface area contributed by atoms with Gasteiger partial charge in [-0.25, -0.2) is 0 Å². The van der Waals surface area contributed by atoms with Crippen LogP contribution in [-0.4, -0.2) is 62.0 Å². The third-order valence-electron chi connectivity index (χ3n) is 4.25. The molecule has 1 aliphatic rings. The van der Waals surface area contributed by atoms with Crippen molar-refractivity contribution in [3.8, 4) is 0 Å². The monoisotopic (exact) mass is 289 g/mol. The van der Waals surface area contributed by atoms with Crippen molar-refractivity contribution in [3.05, 3.63) is 35.9 Å². The highest BCUT2D eigenvalue weighted by molar-refractivity contribution is 5.83. The lowest BCUT2D eigenvalue weighted by Gasteiger charge is -2.30. The van der Waals surface area contributed by atoms with Gasteiger partial charge in [0.05, 0.1) is 5.92 Å². The van der Waals surface area contributed by atoms with Crippen LogP contribution in [0.15, 0.2) is 30.3 Å². The summed E-state index contributed by atoms with van der Waals surface area (Å²) in [6, 6.07) is 10.1. The van der Waals surface area contributed by atoms with Crippen molar-refractivity contribution in [3.63, 3.8) is 0 Å². The maximum absolute atomic E-state index is 12.6. The normalized spacial score (nSPS) is 17.4. The number of amides is 1. The molecular weight excluding hydrogens is 262 g/mol.